The minimum absolute atomic E-state index is 0.526. The van der Waals surface area contributed by atoms with Crippen LogP contribution in [0.1, 0.15) is 32.3 Å². The second-order valence-electron chi connectivity index (χ2n) is 5.80. The van der Waals surface area contributed by atoms with Crippen LogP contribution < -0.4 is 5.73 Å². The van der Waals surface area contributed by atoms with Gasteiger partial charge in [0.15, 0.2) is 0 Å². The van der Waals surface area contributed by atoms with E-state index in [0.717, 1.165) is 16.7 Å². The maximum atomic E-state index is 5.80. The molecule has 0 saturated carbocycles. The van der Waals surface area contributed by atoms with Crippen LogP contribution in [0.4, 0.5) is 5.69 Å². The van der Waals surface area contributed by atoms with Crippen LogP contribution in [0.15, 0.2) is 22.7 Å². The summed E-state index contributed by atoms with van der Waals surface area (Å²) in [6.07, 6.45) is 2.59. The number of anilines is 1. The van der Waals surface area contributed by atoms with Crippen LogP contribution in [-0.2, 0) is 6.54 Å². The van der Waals surface area contributed by atoms with Crippen LogP contribution >= 0.6 is 15.9 Å². The zero-order chi connectivity index (χ0) is 12.5. The second kappa shape index (κ2) is 4.99. The van der Waals surface area contributed by atoms with Crippen LogP contribution in [0, 0.1) is 5.41 Å². The Hall–Kier alpha value is -0.540. The summed E-state index contributed by atoms with van der Waals surface area (Å²) in [5.41, 5.74) is 8.48. The summed E-state index contributed by atoms with van der Waals surface area (Å²) in [4.78, 5) is 2.53. The molecule has 17 heavy (non-hydrogen) atoms. The summed E-state index contributed by atoms with van der Waals surface area (Å²) in [5.74, 6) is 0. The van der Waals surface area contributed by atoms with Crippen molar-refractivity contribution < 1.29 is 0 Å². The van der Waals surface area contributed by atoms with Gasteiger partial charge in [-0.25, -0.2) is 0 Å². The number of rotatable bonds is 2. The van der Waals surface area contributed by atoms with Crippen molar-refractivity contribution in [2.45, 2.75) is 33.2 Å². The van der Waals surface area contributed by atoms with Crippen molar-refractivity contribution in [1.82, 2.24) is 4.90 Å². The molecule has 1 heterocycles. The quantitative estimate of drug-likeness (QED) is 0.844. The van der Waals surface area contributed by atoms with Gasteiger partial charge in [-0.2, -0.15) is 0 Å². The molecular weight excluding hydrogens is 276 g/mol. The van der Waals surface area contributed by atoms with Crippen molar-refractivity contribution in [1.29, 1.82) is 0 Å². The molecule has 94 valence electrons. The number of nitrogen functional groups attached to an aromatic ring is 1. The Morgan fingerprint density at radius 1 is 1.29 bits per heavy atom. The van der Waals surface area contributed by atoms with Crippen LogP contribution in [0.3, 0.4) is 0 Å². The van der Waals surface area contributed by atoms with Gasteiger partial charge in [0.1, 0.15) is 0 Å². The van der Waals surface area contributed by atoms with E-state index < -0.39 is 0 Å². The number of hydrogen-bond donors (Lipinski definition) is 1. The third-order valence-corrected chi connectivity index (χ3v) is 4.37. The lowest BCUT2D eigenvalue weighted by molar-refractivity contribution is 0.127. The van der Waals surface area contributed by atoms with Crippen LogP contribution in [0.5, 0.6) is 0 Å². The lowest BCUT2D eigenvalue weighted by Crippen LogP contribution is -2.36. The molecule has 2 N–H and O–H groups in total. The molecule has 1 aliphatic heterocycles. The molecule has 0 spiro atoms. The molecule has 1 aliphatic rings. The van der Waals surface area contributed by atoms with Gasteiger partial charge in [0, 0.05) is 16.7 Å². The number of piperidine rings is 1. The number of halogens is 1. The van der Waals surface area contributed by atoms with Gasteiger partial charge in [0.05, 0.1) is 0 Å². The topological polar surface area (TPSA) is 29.3 Å². The number of likely N-dealkylation sites (tertiary alicyclic amines) is 1. The van der Waals surface area contributed by atoms with E-state index in [0.29, 0.717) is 5.41 Å². The van der Waals surface area contributed by atoms with E-state index in [9.17, 15) is 0 Å². The zero-order valence-corrected chi connectivity index (χ0v) is 12.3. The Kier molecular flexibility index (Phi) is 3.79. The zero-order valence-electron chi connectivity index (χ0n) is 10.7. The first-order chi connectivity index (χ1) is 7.96. The van der Waals surface area contributed by atoms with Crippen molar-refractivity contribution >= 4 is 21.6 Å². The molecule has 2 nitrogen and oxygen atoms in total. The Balaban J connectivity index is 1.95. The molecule has 0 aromatic heterocycles. The van der Waals surface area contributed by atoms with Gasteiger partial charge in [0.2, 0.25) is 0 Å². The summed E-state index contributed by atoms with van der Waals surface area (Å²) in [6, 6.07) is 6.24. The molecule has 2 rings (SSSR count). The highest BCUT2D eigenvalue weighted by molar-refractivity contribution is 9.10. The van der Waals surface area contributed by atoms with Gasteiger partial charge in [-0.05, 0) is 65.0 Å². The van der Waals surface area contributed by atoms with Crippen molar-refractivity contribution in [3.05, 3.63) is 28.2 Å². The maximum absolute atomic E-state index is 5.80. The monoisotopic (exact) mass is 296 g/mol. The average Bonchev–Trinajstić information content (AvgIpc) is 2.27. The van der Waals surface area contributed by atoms with Crippen LogP contribution in [0.25, 0.3) is 0 Å². The predicted molar refractivity (Wildman–Crippen MR) is 76.8 cm³/mol. The summed E-state index contributed by atoms with van der Waals surface area (Å²) in [5, 5.41) is 0. The molecule has 0 bridgehead atoms. The van der Waals surface area contributed by atoms with Crippen molar-refractivity contribution in [2.75, 3.05) is 18.8 Å². The van der Waals surface area contributed by atoms with Crippen LogP contribution in [0.2, 0.25) is 0 Å². The first kappa shape index (κ1) is 12.9. The van der Waals surface area contributed by atoms with Gasteiger partial charge >= 0.3 is 0 Å². The first-order valence-corrected chi connectivity index (χ1v) is 7.02. The predicted octanol–water partition coefficient (Wildman–Crippen LogP) is 3.65. The van der Waals surface area contributed by atoms with Gasteiger partial charge in [-0.1, -0.05) is 19.9 Å². The van der Waals surface area contributed by atoms with Gasteiger partial charge in [0.25, 0.3) is 0 Å². The summed E-state index contributed by atoms with van der Waals surface area (Å²) in [6.45, 7) is 8.17. The minimum Gasteiger partial charge on any atom is -0.398 e. The molecule has 0 amide bonds. The number of nitrogens with two attached hydrogens (primary N) is 1. The van der Waals surface area contributed by atoms with Crippen LogP contribution in [-0.4, -0.2) is 18.0 Å². The van der Waals surface area contributed by atoms with Crippen molar-refractivity contribution in [3.8, 4) is 0 Å². The molecule has 1 aromatic rings. The first-order valence-electron chi connectivity index (χ1n) is 6.23. The van der Waals surface area contributed by atoms with Gasteiger partial charge in [-0.15, -0.1) is 0 Å². The largest absolute Gasteiger partial charge is 0.398 e. The van der Waals surface area contributed by atoms with Crippen molar-refractivity contribution in [2.24, 2.45) is 5.41 Å². The normalized spacial score (nSPS) is 20.4. The van der Waals surface area contributed by atoms with Gasteiger partial charge < -0.3 is 5.73 Å². The van der Waals surface area contributed by atoms with E-state index in [1.807, 2.05) is 6.07 Å². The van der Waals surface area contributed by atoms with E-state index in [1.54, 1.807) is 0 Å². The van der Waals surface area contributed by atoms with E-state index in [1.165, 1.54) is 31.5 Å². The fraction of sp³-hybridized carbons (Fsp3) is 0.571. The Labute approximate surface area is 112 Å². The van der Waals surface area contributed by atoms with Crippen molar-refractivity contribution in [3.63, 3.8) is 0 Å². The van der Waals surface area contributed by atoms with E-state index in [4.69, 9.17) is 5.73 Å². The highest BCUT2D eigenvalue weighted by Crippen LogP contribution is 2.30. The van der Waals surface area contributed by atoms with E-state index in [-0.39, 0.29) is 0 Å². The third kappa shape index (κ3) is 3.46. The molecule has 0 atom stereocenters. The summed E-state index contributed by atoms with van der Waals surface area (Å²) in [7, 11) is 0. The molecule has 0 unspecified atom stereocenters. The average molecular weight is 297 g/mol. The van der Waals surface area contributed by atoms with E-state index in [2.05, 4.69) is 46.8 Å². The number of benzene rings is 1. The Bertz CT molecular complexity index is 391. The molecular formula is C14H21BrN2. The fourth-order valence-electron chi connectivity index (χ4n) is 2.24. The standard InChI is InChI=1S/C14H21BrN2/c1-14(2)5-7-17(8-6-14)10-11-3-4-13(16)12(15)9-11/h3-4,9H,5-8,10,16H2,1-2H3. The fourth-order valence-corrected chi connectivity index (χ4v) is 2.67. The molecule has 1 fully saturated rings. The molecule has 1 aromatic carbocycles. The smallest absolute Gasteiger partial charge is 0.0458 e. The highest BCUT2D eigenvalue weighted by atomic mass is 79.9. The second-order valence-corrected chi connectivity index (χ2v) is 6.65. The molecule has 0 radical (unpaired) electrons. The molecule has 0 aliphatic carbocycles. The SMILES string of the molecule is CC1(C)CCN(Cc2ccc(N)c(Br)c2)CC1. The minimum atomic E-state index is 0.526. The summed E-state index contributed by atoms with van der Waals surface area (Å²) < 4.78 is 1.01. The highest BCUT2D eigenvalue weighted by Gasteiger charge is 2.25. The lowest BCUT2D eigenvalue weighted by atomic mass is 9.82. The third-order valence-electron chi connectivity index (χ3n) is 3.68. The number of hydrogen-bond acceptors (Lipinski definition) is 2. The number of nitrogens with zero attached hydrogens (tertiary/aromatic N) is 1. The molecule has 1 saturated heterocycles. The maximum Gasteiger partial charge on any atom is 0.0458 e. The Morgan fingerprint density at radius 2 is 1.94 bits per heavy atom. The lowest BCUT2D eigenvalue weighted by Gasteiger charge is -2.36. The van der Waals surface area contributed by atoms with Gasteiger partial charge in [-0.3, -0.25) is 4.90 Å². The van der Waals surface area contributed by atoms with E-state index >= 15 is 0 Å². The Morgan fingerprint density at radius 3 is 2.53 bits per heavy atom. The molecule has 3 heteroatoms. The summed E-state index contributed by atoms with van der Waals surface area (Å²) >= 11 is 3.49.